The van der Waals surface area contributed by atoms with E-state index in [0.717, 1.165) is 25.9 Å². The van der Waals surface area contributed by atoms with E-state index in [4.69, 9.17) is 28.3 Å². The Balaban J connectivity index is 2.11. The molecule has 88 valence electrons. The van der Waals surface area contributed by atoms with Gasteiger partial charge in [0.05, 0.1) is 6.20 Å². The number of aliphatic hydroxyl groups is 1. The topological polar surface area (TPSA) is 49.2 Å². The number of anilines is 1. The average Bonchev–Trinajstić information content (AvgIpc) is 2.71. The molecule has 1 N–H and O–H groups in total. The number of hydrogen-bond acceptors (Lipinski definition) is 4. The van der Waals surface area contributed by atoms with Crippen molar-refractivity contribution in [2.24, 2.45) is 5.92 Å². The fourth-order valence-corrected chi connectivity index (χ4v) is 2.34. The van der Waals surface area contributed by atoms with Crippen molar-refractivity contribution >= 4 is 29.0 Å². The molecule has 0 radical (unpaired) electrons. The Kier molecular flexibility index (Phi) is 3.84. The number of aromatic nitrogens is 2. The molecule has 1 aliphatic heterocycles. The maximum Gasteiger partial charge on any atom is 0.224 e. The van der Waals surface area contributed by atoms with Gasteiger partial charge in [0.2, 0.25) is 5.28 Å². The molecule has 1 aromatic heterocycles. The van der Waals surface area contributed by atoms with Crippen LogP contribution in [0.5, 0.6) is 0 Å². The van der Waals surface area contributed by atoms with Crippen molar-refractivity contribution in [3.05, 3.63) is 16.5 Å². The summed E-state index contributed by atoms with van der Waals surface area (Å²) in [5, 5.41) is 9.63. The lowest BCUT2D eigenvalue weighted by molar-refractivity contribution is 0.263. The second-order valence-corrected chi connectivity index (χ2v) is 4.67. The van der Waals surface area contributed by atoms with E-state index in [1.165, 1.54) is 6.20 Å². The van der Waals surface area contributed by atoms with Gasteiger partial charge in [0.15, 0.2) is 5.82 Å². The lowest BCUT2D eigenvalue weighted by Crippen LogP contribution is -2.21. The minimum Gasteiger partial charge on any atom is -0.396 e. The standard InChI is InChI=1S/C10H13Cl2N3O/c11-8-5-13-10(12)14-9(8)15-3-1-7(6-15)2-4-16/h5,7,16H,1-4,6H2. The predicted molar refractivity (Wildman–Crippen MR) is 64.1 cm³/mol. The van der Waals surface area contributed by atoms with Crippen LogP contribution in [-0.4, -0.2) is 34.8 Å². The fourth-order valence-electron chi connectivity index (χ4n) is 2.00. The van der Waals surface area contributed by atoms with Gasteiger partial charge in [-0.3, -0.25) is 0 Å². The van der Waals surface area contributed by atoms with Gasteiger partial charge in [0.25, 0.3) is 0 Å². The molecule has 0 amide bonds. The second kappa shape index (κ2) is 5.17. The largest absolute Gasteiger partial charge is 0.396 e. The third-order valence-electron chi connectivity index (χ3n) is 2.82. The van der Waals surface area contributed by atoms with E-state index in [-0.39, 0.29) is 11.9 Å². The first-order valence-corrected chi connectivity index (χ1v) is 6.00. The minimum absolute atomic E-state index is 0.213. The highest BCUT2D eigenvalue weighted by Gasteiger charge is 2.24. The second-order valence-electron chi connectivity index (χ2n) is 3.92. The molecule has 2 heterocycles. The van der Waals surface area contributed by atoms with Crippen LogP contribution in [0.25, 0.3) is 0 Å². The smallest absolute Gasteiger partial charge is 0.224 e. The van der Waals surface area contributed by atoms with Crippen LogP contribution < -0.4 is 4.90 Å². The summed E-state index contributed by atoms with van der Waals surface area (Å²) >= 11 is 11.8. The van der Waals surface area contributed by atoms with Gasteiger partial charge in [-0.05, 0) is 30.4 Å². The van der Waals surface area contributed by atoms with Crippen LogP contribution >= 0.6 is 23.2 Å². The van der Waals surface area contributed by atoms with Crippen molar-refractivity contribution in [2.45, 2.75) is 12.8 Å². The van der Waals surface area contributed by atoms with E-state index in [2.05, 4.69) is 14.9 Å². The normalized spacial score (nSPS) is 20.4. The molecule has 0 spiro atoms. The summed E-state index contributed by atoms with van der Waals surface area (Å²) in [6, 6.07) is 0. The first kappa shape index (κ1) is 11.9. The molecule has 1 aliphatic rings. The maximum absolute atomic E-state index is 8.89. The maximum atomic E-state index is 8.89. The SMILES string of the molecule is OCCC1CCN(c2nc(Cl)ncc2Cl)C1. The molecular weight excluding hydrogens is 249 g/mol. The quantitative estimate of drug-likeness (QED) is 0.846. The third-order valence-corrected chi connectivity index (χ3v) is 3.27. The summed E-state index contributed by atoms with van der Waals surface area (Å²) < 4.78 is 0. The Morgan fingerprint density at radius 3 is 3.06 bits per heavy atom. The zero-order valence-corrected chi connectivity index (χ0v) is 10.2. The minimum atomic E-state index is 0.213. The summed E-state index contributed by atoms with van der Waals surface area (Å²) in [6.07, 6.45) is 3.40. The Morgan fingerprint density at radius 1 is 1.50 bits per heavy atom. The Morgan fingerprint density at radius 2 is 2.31 bits per heavy atom. The van der Waals surface area contributed by atoms with E-state index >= 15 is 0 Å². The summed E-state index contributed by atoms with van der Waals surface area (Å²) in [4.78, 5) is 10.1. The number of nitrogens with zero attached hydrogens (tertiary/aromatic N) is 3. The van der Waals surface area contributed by atoms with Crippen molar-refractivity contribution in [1.82, 2.24) is 9.97 Å². The Labute approximate surface area is 104 Å². The van der Waals surface area contributed by atoms with Gasteiger partial charge in [0, 0.05) is 19.7 Å². The van der Waals surface area contributed by atoms with Gasteiger partial charge in [-0.1, -0.05) is 11.6 Å². The van der Waals surface area contributed by atoms with Crippen LogP contribution in [0.3, 0.4) is 0 Å². The lowest BCUT2D eigenvalue weighted by atomic mass is 10.1. The molecular formula is C10H13Cl2N3O. The highest BCUT2D eigenvalue weighted by Crippen LogP contribution is 2.29. The first-order chi connectivity index (χ1) is 7.70. The zero-order chi connectivity index (χ0) is 11.5. The van der Waals surface area contributed by atoms with Crippen molar-refractivity contribution in [1.29, 1.82) is 0 Å². The van der Waals surface area contributed by atoms with E-state index in [1.807, 2.05) is 0 Å². The molecule has 1 unspecified atom stereocenters. The Bertz CT molecular complexity index is 375. The highest BCUT2D eigenvalue weighted by molar-refractivity contribution is 6.33. The van der Waals surface area contributed by atoms with Crippen molar-refractivity contribution in [3.63, 3.8) is 0 Å². The number of rotatable bonds is 3. The predicted octanol–water partition coefficient (Wildman–Crippen LogP) is 1.99. The van der Waals surface area contributed by atoms with E-state index in [0.29, 0.717) is 16.8 Å². The fraction of sp³-hybridized carbons (Fsp3) is 0.600. The summed E-state index contributed by atoms with van der Waals surface area (Å²) in [5.41, 5.74) is 0. The highest BCUT2D eigenvalue weighted by atomic mass is 35.5. The molecule has 1 atom stereocenters. The number of aliphatic hydroxyl groups excluding tert-OH is 1. The molecule has 1 aromatic rings. The molecule has 0 saturated carbocycles. The van der Waals surface area contributed by atoms with Crippen LogP contribution in [0.2, 0.25) is 10.3 Å². The molecule has 2 rings (SSSR count). The molecule has 4 nitrogen and oxygen atoms in total. The monoisotopic (exact) mass is 261 g/mol. The first-order valence-electron chi connectivity index (χ1n) is 5.24. The molecule has 0 aromatic carbocycles. The number of halogens is 2. The molecule has 6 heteroatoms. The molecule has 16 heavy (non-hydrogen) atoms. The van der Waals surface area contributed by atoms with E-state index < -0.39 is 0 Å². The average molecular weight is 262 g/mol. The van der Waals surface area contributed by atoms with E-state index in [1.54, 1.807) is 0 Å². The van der Waals surface area contributed by atoms with Crippen LogP contribution in [0, 0.1) is 5.92 Å². The third kappa shape index (κ3) is 2.56. The van der Waals surface area contributed by atoms with Gasteiger partial charge < -0.3 is 10.0 Å². The van der Waals surface area contributed by atoms with Crippen LogP contribution in [0.1, 0.15) is 12.8 Å². The van der Waals surface area contributed by atoms with Crippen molar-refractivity contribution in [3.8, 4) is 0 Å². The number of hydrogen-bond donors (Lipinski definition) is 1. The van der Waals surface area contributed by atoms with Gasteiger partial charge in [-0.2, -0.15) is 4.98 Å². The molecule has 1 saturated heterocycles. The summed E-state index contributed by atoms with van der Waals surface area (Å²) in [7, 11) is 0. The molecule has 0 bridgehead atoms. The lowest BCUT2D eigenvalue weighted by Gasteiger charge is -2.18. The molecule has 1 fully saturated rings. The van der Waals surface area contributed by atoms with Gasteiger partial charge in [0.1, 0.15) is 5.02 Å². The zero-order valence-electron chi connectivity index (χ0n) is 8.74. The van der Waals surface area contributed by atoms with Crippen LogP contribution in [0.15, 0.2) is 6.20 Å². The summed E-state index contributed by atoms with van der Waals surface area (Å²) in [6.45, 7) is 2.00. The van der Waals surface area contributed by atoms with Crippen molar-refractivity contribution < 1.29 is 5.11 Å². The summed E-state index contributed by atoms with van der Waals surface area (Å²) in [5.74, 6) is 1.21. The Hall–Kier alpha value is -0.580. The molecule has 0 aliphatic carbocycles. The van der Waals surface area contributed by atoms with Gasteiger partial charge >= 0.3 is 0 Å². The van der Waals surface area contributed by atoms with Crippen LogP contribution in [0.4, 0.5) is 5.82 Å². The van der Waals surface area contributed by atoms with Gasteiger partial charge in [-0.15, -0.1) is 0 Å². The van der Waals surface area contributed by atoms with E-state index in [9.17, 15) is 0 Å². The van der Waals surface area contributed by atoms with Crippen molar-refractivity contribution in [2.75, 3.05) is 24.6 Å². The van der Waals surface area contributed by atoms with Crippen LogP contribution in [-0.2, 0) is 0 Å². The van der Waals surface area contributed by atoms with Gasteiger partial charge in [-0.25, -0.2) is 4.98 Å².